The maximum Gasteiger partial charge on any atom is 0.168 e. The molecule has 0 fully saturated rings. The van der Waals surface area contributed by atoms with Crippen molar-refractivity contribution in [1.29, 1.82) is 0 Å². The molecule has 0 amide bonds. The van der Waals surface area contributed by atoms with Crippen molar-refractivity contribution in [3.63, 3.8) is 0 Å². The van der Waals surface area contributed by atoms with E-state index in [9.17, 15) is 4.79 Å². The lowest BCUT2D eigenvalue weighted by Gasteiger charge is -1.99. The zero-order valence-electron chi connectivity index (χ0n) is 8.24. The van der Waals surface area contributed by atoms with Crippen molar-refractivity contribution in [2.45, 2.75) is 6.42 Å². The molecule has 0 aliphatic rings. The Hall–Kier alpha value is -0.830. The number of hydrogen-bond acceptors (Lipinski definition) is 2. The Balaban J connectivity index is 2.14. The molecule has 0 radical (unpaired) electrons. The molecule has 1 nitrogen and oxygen atoms in total. The second-order valence-electron chi connectivity index (χ2n) is 3.32. The summed E-state index contributed by atoms with van der Waals surface area (Å²) in [4.78, 5) is 12.8. The van der Waals surface area contributed by atoms with Crippen LogP contribution in [0.25, 0.3) is 0 Å². The van der Waals surface area contributed by atoms with Crippen LogP contribution >= 0.6 is 34.5 Å². The standard InChI is InChI=1S/C12H8Cl2OS/c13-9-3-1-2-8(6-9)11(15)7-10-4-5-12(14)16-10/h1-6H,7H2. The highest BCUT2D eigenvalue weighted by Crippen LogP contribution is 2.23. The van der Waals surface area contributed by atoms with Crippen LogP contribution in [0.4, 0.5) is 0 Å². The Labute approximate surface area is 108 Å². The van der Waals surface area contributed by atoms with E-state index in [0.717, 1.165) is 4.88 Å². The molecular formula is C12H8Cl2OS. The molecule has 82 valence electrons. The number of hydrogen-bond donors (Lipinski definition) is 0. The summed E-state index contributed by atoms with van der Waals surface area (Å²) in [5.41, 5.74) is 0.636. The second kappa shape index (κ2) is 5.00. The van der Waals surface area contributed by atoms with E-state index in [1.165, 1.54) is 11.3 Å². The Morgan fingerprint density at radius 2 is 2.00 bits per heavy atom. The summed E-state index contributed by atoms with van der Waals surface area (Å²) in [6, 6.07) is 10.6. The van der Waals surface area contributed by atoms with E-state index in [1.807, 2.05) is 6.07 Å². The van der Waals surface area contributed by atoms with Gasteiger partial charge in [-0.3, -0.25) is 4.79 Å². The van der Waals surface area contributed by atoms with Gasteiger partial charge in [-0.15, -0.1) is 11.3 Å². The van der Waals surface area contributed by atoms with Gasteiger partial charge in [-0.25, -0.2) is 0 Å². The molecule has 0 bridgehead atoms. The van der Waals surface area contributed by atoms with Gasteiger partial charge < -0.3 is 0 Å². The van der Waals surface area contributed by atoms with E-state index in [-0.39, 0.29) is 5.78 Å². The molecule has 2 rings (SSSR count). The van der Waals surface area contributed by atoms with Gasteiger partial charge in [-0.2, -0.15) is 0 Å². The van der Waals surface area contributed by atoms with Gasteiger partial charge in [0.1, 0.15) is 0 Å². The minimum absolute atomic E-state index is 0.0565. The van der Waals surface area contributed by atoms with Crippen molar-refractivity contribution in [2.75, 3.05) is 0 Å². The average Bonchev–Trinajstić information content (AvgIpc) is 2.64. The summed E-state index contributed by atoms with van der Waals surface area (Å²) in [5.74, 6) is 0.0565. The average molecular weight is 271 g/mol. The van der Waals surface area contributed by atoms with Crippen LogP contribution in [0.3, 0.4) is 0 Å². The largest absolute Gasteiger partial charge is 0.294 e. The molecule has 1 aromatic carbocycles. The first-order chi connectivity index (χ1) is 7.65. The molecule has 0 spiro atoms. The van der Waals surface area contributed by atoms with E-state index in [4.69, 9.17) is 23.2 Å². The minimum atomic E-state index is 0.0565. The fourth-order valence-corrected chi connectivity index (χ4v) is 2.65. The smallest absolute Gasteiger partial charge is 0.168 e. The Kier molecular flexibility index (Phi) is 3.64. The van der Waals surface area contributed by atoms with Crippen molar-refractivity contribution in [3.8, 4) is 0 Å². The predicted molar refractivity (Wildman–Crippen MR) is 68.8 cm³/mol. The molecule has 0 unspecified atom stereocenters. The molecule has 0 saturated heterocycles. The molecule has 0 atom stereocenters. The van der Waals surface area contributed by atoms with Crippen LogP contribution in [0.5, 0.6) is 0 Å². The van der Waals surface area contributed by atoms with E-state index < -0.39 is 0 Å². The molecule has 1 aromatic heterocycles. The topological polar surface area (TPSA) is 17.1 Å². The SMILES string of the molecule is O=C(Cc1ccc(Cl)s1)c1cccc(Cl)c1. The first-order valence-electron chi connectivity index (χ1n) is 4.68. The predicted octanol–water partition coefficient (Wildman–Crippen LogP) is 4.48. The molecule has 2 aromatic rings. The van der Waals surface area contributed by atoms with E-state index >= 15 is 0 Å². The number of ketones is 1. The molecule has 0 N–H and O–H groups in total. The fraction of sp³-hybridized carbons (Fsp3) is 0.0833. The molecule has 0 aliphatic heterocycles. The summed E-state index contributed by atoms with van der Waals surface area (Å²) in [6.07, 6.45) is 0.373. The summed E-state index contributed by atoms with van der Waals surface area (Å²) in [6.45, 7) is 0. The second-order valence-corrected chi connectivity index (χ2v) is 5.55. The number of carbonyl (C=O) groups excluding carboxylic acids is 1. The van der Waals surface area contributed by atoms with Crippen molar-refractivity contribution < 1.29 is 4.79 Å². The van der Waals surface area contributed by atoms with Crippen molar-refractivity contribution in [3.05, 3.63) is 56.2 Å². The van der Waals surface area contributed by atoms with Crippen LogP contribution in [0, 0.1) is 0 Å². The van der Waals surface area contributed by atoms with Gasteiger partial charge in [-0.1, -0.05) is 35.3 Å². The maximum absolute atomic E-state index is 11.9. The van der Waals surface area contributed by atoms with Gasteiger partial charge in [0, 0.05) is 21.9 Å². The lowest BCUT2D eigenvalue weighted by atomic mass is 10.1. The molecular weight excluding hydrogens is 263 g/mol. The maximum atomic E-state index is 11.9. The van der Waals surface area contributed by atoms with Gasteiger partial charge >= 0.3 is 0 Å². The summed E-state index contributed by atoms with van der Waals surface area (Å²) < 4.78 is 0.703. The third-order valence-corrected chi connectivity index (χ3v) is 3.58. The van der Waals surface area contributed by atoms with Gasteiger partial charge in [0.05, 0.1) is 4.34 Å². The minimum Gasteiger partial charge on any atom is -0.294 e. The summed E-state index contributed by atoms with van der Waals surface area (Å²) in [7, 11) is 0. The third kappa shape index (κ3) is 2.85. The Bertz CT molecular complexity index is 519. The zero-order chi connectivity index (χ0) is 11.5. The van der Waals surface area contributed by atoms with E-state index in [2.05, 4.69) is 0 Å². The number of carbonyl (C=O) groups is 1. The van der Waals surface area contributed by atoms with E-state index in [0.29, 0.717) is 21.3 Å². The van der Waals surface area contributed by atoms with Gasteiger partial charge in [0.2, 0.25) is 0 Å². The van der Waals surface area contributed by atoms with Crippen molar-refractivity contribution in [2.24, 2.45) is 0 Å². The lowest BCUT2D eigenvalue weighted by Crippen LogP contribution is -2.01. The van der Waals surface area contributed by atoms with Crippen LogP contribution in [-0.4, -0.2) is 5.78 Å². The molecule has 1 heterocycles. The van der Waals surface area contributed by atoms with Crippen LogP contribution < -0.4 is 0 Å². The van der Waals surface area contributed by atoms with Crippen molar-refractivity contribution in [1.82, 2.24) is 0 Å². The van der Waals surface area contributed by atoms with Crippen molar-refractivity contribution >= 4 is 40.3 Å². The first kappa shape index (κ1) is 11.6. The number of thiophene rings is 1. The molecule has 0 aliphatic carbocycles. The van der Waals surface area contributed by atoms with Crippen LogP contribution in [-0.2, 0) is 6.42 Å². The van der Waals surface area contributed by atoms with Crippen LogP contribution in [0.15, 0.2) is 36.4 Å². The summed E-state index contributed by atoms with van der Waals surface area (Å²) >= 11 is 13.1. The number of benzene rings is 1. The van der Waals surface area contributed by atoms with Gasteiger partial charge in [-0.05, 0) is 24.3 Å². The number of rotatable bonds is 3. The highest BCUT2D eigenvalue weighted by Gasteiger charge is 2.08. The third-order valence-electron chi connectivity index (χ3n) is 2.11. The summed E-state index contributed by atoms with van der Waals surface area (Å²) in [5, 5.41) is 0.579. The molecule has 0 saturated carbocycles. The number of Topliss-reactive ketones (excluding diaryl/α,β-unsaturated/α-hetero) is 1. The van der Waals surface area contributed by atoms with E-state index in [1.54, 1.807) is 30.3 Å². The Morgan fingerprint density at radius 3 is 2.62 bits per heavy atom. The first-order valence-corrected chi connectivity index (χ1v) is 6.25. The molecule has 4 heteroatoms. The normalized spacial score (nSPS) is 10.4. The highest BCUT2D eigenvalue weighted by molar-refractivity contribution is 7.16. The van der Waals surface area contributed by atoms with Crippen LogP contribution in [0.1, 0.15) is 15.2 Å². The fourth-order valence-electron chi connectivity index (χ4n) is 1.37. The number of halogens is 2. The van der Waals surface area contributed by atoms with Crippen LogP contribution in [0.2, 0.25) is 9.36 Å². The lowest BCUT2D eigenvalue weighted by molar-refractivity contribution is 0.0994. The molecule has 16 heavy (non-hydrogen) atoms. The zero-order valence-corrected chi connectivity index (χ0v) is 10.6. The van der Waals surface area contributed by atoms with Gasteiger partial charge in [0.15, 0.2) is 5.78 Å². The van der Waals surface area contributed by atoms with Gasteiger partial charge in [0.25, 0.3) is 0 Å². The highest BCUT2D eigenvalue weighted by atomic mass is 35.5. The Morgan fingerprint density at radius 1 is 1.19 bits per heavy atom. The quantitative estimate of drug-likeness (QED) is 0.752. The monoisotopic (exact) mass is 270 g/mol.